The number of anilines is 3. The van der Waals surface area contributed by atoms with Gasteiger partial charge in [-0.3, -0.25) is 0 Å². The first-order valence-electron chi connectivity index (χ1n) is 20.6. The number of benzene rings is 6. The van der Waals surface area contributed by atoms with Gasteiger partial charge in [0, 0.05) is 17.1 Å². The molecule has 6 aromatic rings. The van der Waals surface area contributed by atoms with E-state index in [9.17, 15) is 0 Å². The number of fused-ring (bicyclic) bond motifs is 3. The minimum atomic E-state index is 0.918. The van der Waals surface area contributed by atoms with E-state index in [1.165, 1.54) is 61.2 Å². The quantitative estimate of drug-likeness (QED) is 0.0790. The second kappa shape index (κ2) is 19.4. The predicted octanol–water partition coefficient (Wildman–Crippen LogP) is 16.4. The van der Waals surface area contributed by atoms with Crippen LogP contribution in [-0.2, 0) is 6.42 Å². The van der Waals surface area contributed by atoms with Gasteiger partial charge in [-0.25, -0.2) is 0 Å². The SMILES string of the molecule is C/C=C\C=C\c1ccccc1/C=C\c1ccc(N(c2ccc(C(/C=C\CC(/C=C\C)=C/CC)=C/C)cc2)c2ccc(-c3cccc4c3Cc3ccccc3-4)cc2)cc1. The third-order valence-corrected chi connectivity index (χ3v) is 10.7. The molecule has 7 rings (SSSR count). The van der Waals surface area contributed by atoms with Crippen molar-refractivity contribution in [1.82, 2.24) is 0 Å². The van der Waals surface area contributed by atoms with Gasteiger partial charge in [-0.15, -0.1) is 0 Å². The number of hydrogen-bond acceptors (Lipinski definition) is 1. The summed E-state index contributed by atoms with van der Waals surface area (Å²) < 4.78 is 0. The Bertz CT molecular complexity index is 2530. The zero-order chi connectivity index (χ0) is 40.1. The van der Waals surface area contributed by atoms with Gasteiger partial charge in [0.1, 0.15) is 0 Å². The van der Waals surface area contributed by atoms with E-state index in [1.807, 2.05) is 13.0 Å². The third kappa shape index (κ3) is 9.28. The van der Waals surface area contributed by atoms with Crippen molar-refractivity contribution in [3.05, 3.63) is 233 Å². The van der Waals surface area contributed by atoms with Crippen LogP contribution >= 0.6 is 0 Å². The lowest BCUT2D eigenvalue weighted by molar-refractivity contribution is 1.16. The standard InChI is InChI=1S/C57H53N/c1-5-9-10-20-46-21-11-12-22-47(46)31-28-44-29-36-51(37-30-44)58(52-38-32-48(33-39-52)45(8-4)24-15-19-43(17-6-2)18-7-3)53-40-34-49(35-41-53)54-26-16-27-56-55-25-14-13-23-50(55)42-57(54)56/h5-6,8-18,20-41H,7,19,42H2,1-4H3/b9-5-,17-6-,20-10+,24-15-,31-28-,43-18+,45-8+. The largest absolute Gasteiger partial charge is 0.311 e. The molecule has 0 radical (unpaired) electrons. The molecule has 0 fully saturated rings. The Labute approximate surface area is 346 Å². The lowest BCUT2D eigenvalue weighted by Gasteiger charge is -2.26. The summed E-state index contributed by atoms with van der Waals surface area (Å²) in [5.74, 6) is 0. The fourth-order valence-corrected chi connectivity index (χ4v) is 7.85. The van der Waals surface area contributed by atoms with Gasteiger partial charge in [-0.2, -0.15) is 0 Å². The van der Waals surface area contributed by atoms with E-state index in [-0.39, 0.29) is 0 Å². The summed E-state index contributed by atoms with van der Waals surface area (Å²) in [6, 6.07) is 51.0. The van der Waals surface area contributed by atoms with Gasteiger partial charge in [0.2, 0.25) is 0 Å². The maximum Gasteiger partial charge on any atom is 0.0462 e. The maximum absolute atomic E-state index is 2.36. The van der Waals surface area contributed by atoms with Crippen molar-refractivity contribution in [2.75, 3.05) is 4.90 Å². The Balaban J connectivity index is 1.19. The molecule has 0 saturated carbocycles. The van der Waals surface area contributed by atoms with Crippen molar-refractivity contribution in [2.45, 2.75) is 47.0 Å². The van der Waals surface area contributed by atoms with Crippen LogP contribution in [0.4, 0.5) is 17.1 Å². The zero-order valence-electron chi connectivity index (χ0n) is 34.3. The predicted molar refractivity (Wildman–Crippen MR) is 255 cm³/mol. The highest BCUT2D eigenvalue weighted by atomic mass is 15.1. The highest BCUT2D eigenvalue weighted by molar-refractivity contribution is 5.86. The third-order valence-electron chi connectivity index (χ3n) is 10.7. The van der Waals surface area contributed by atoms with Crippen LogP contribution in [0, 0.1) is 0 Å². The van der Waals surface area contributed by atoms with Crippen LogP contribution < -0.4 is 4.90 Å². The number of nitrogens with zero attached hydrogens (tertiary/aromatic N) is 1. The molecule has 0 aromatic heterocycles. The summed E-state index contributed by atoms with van der Waals surface area (Å²) >= 11 is 0. The summed E-state index contributed by atoms with van der Waals surface area (Å²) in [5, 5.41) is 0. The minimum Gasteiger partial charge on any atom is -0.311 e. The molecule has 286 valence electrons. The van der Waals surface area contributed by atoms with Crippen molar-refractivity contribution in [1.29, 1.82) is 0 Å². The molecule has 58 heavy (non-hydrogen) atoms. The van der Waals surface area contributed by atoms with E-state index >= 15 is 0 Å². The van der Waals surface area contributed by atoms with E-state index in [4.69, 9.17) is 0 Å². The van der Waals surface area contributed by atoms with Crippen LogP contribution in [-0.4, -0.2) is 0 Å². The van der Waals surface area contributed by atoms with Crippen LogP contribution in [0.3, 0.4) is 0 Å². The van der Waals surface area contributed by atoms with Crippen molar-refractivity contribution in [3.8, 4) is 22.3 Å². The minimum absolute atomic E-state index is 0.918. The molecule has 1 nitrogen and oxygen atoms in total. The van der Waals surface area contributed by atoms with Crippen LogP contribution in [0.2, 0.25) is 0 Å². The van der Waals surface area contributed by atoms with Crippen molar-refractivity contribution < 1.29 is 0 Å². The average molecular weight is 752 g/mol. The highest BCUT2D eigenvalue weighted by Crippen LogP contribution is 2.42. The van der Waals surface area contributed by atoms with Crippen LogP contribution in [0.25, 0.3) is 46.1 Å². The molecule has 0 unspecified atom stereocenters. The topological polar surface area (TPSA) is 3.24 Å². The first-order valence-corrected chi connectivity index (χ1v) is 20.6. The fraction of sp³-hybridized carbons (Fsp3) is 0.123. The molecule has 0 aliphatic heterocycles. The first-order chi connectivity index (χ1) is 28.6. The Morgan fingerprint density at radius 2 is 1.21 bits per heavy atom. The second-order valence-corrected chi connectivity index (χ2v) is 14.6. The molecule has 1 aliphatic rings. The monoisotopic (exact) mass is 751 g/mol. The van der Waals surface area contributed by atoms with Crippen molar-refractivity contribution >= 4 is 40.9 Å². The summed E-state index contributed by atoms with van der Waals surface area (Å²) in [6.07, 6.45) is 29.0. The van der Waals surface area contributed by atoms with Crippen LogP contribution in [0.15, 0.2) is 200 Å². The Morgan fingerprint density at radius 1 is 0.569 bits per heavy atom. The normalized spacial score (nSPS) is 13.1. The van der Waals surface area contributed by atoms with E-state index < -0.39 is 0 Å². The molecule has 0 saturated heterocycles. The van der Waals surface area contributed by atoms with Gasteiger partial charge in [-0.05, 0) is 143 Å². The van der Waals surface area contributed by atoms with Gasteiger partial charge in [0.05, 0.1) is 0 Å². The van der Waals surface area contributed by atoms with E-state index in [0.29, 0.717) is 0 Å². The first kappa shape index (κ1) is 39.5. The van der Waals surface area contributed by atoms with Gasteiger partial charge in [-0.1, -0.05) is 183 Å². The Kier molecular flexibility index (Phi) is 13.3. The summed E-state index contributed by atoms with van der Waals surface area (Å²) in [5.41, 5.74) is 18.7. The summed E-state index contributed by atoms with van der Waals surface area (Å²) in [4.78, 5) is 2.36. The van der Waals surface area contributed by atoms with E-state index in [1.54, 1.807) is 0 Å². The molecule has 0 bridgehead atoms. The molecule has 0 N–H and O–H groups in total. The summed E-state index contributed by atoms with van der Waals surface area (Å²) in [6.45, 7) is 8.42. The van der Waals surface area contributed by atoms with Crippen LogP contribution in [0.1, 0.15) is 73.9 Å². The molecule has 0 amide bonds. The molecular formula is C57H53N. The van der Waals surface area contributed by atoms with E-state index in [0.717, 1.165) is 41.9 Å². The molecule has 1 heteroatoms. The number of rotatable bonds is 14. The van der Waals surface area contributed by atoms with Crippen LogP contribution in [0.5, 0.6) is 0 Å². The lowest BCUT2D eigenvalue weighted by atomic mass is 9.95. The smallest absolute Gasteiger partial charge is 0.0462 e. The molecule has 0 spiro atoms. The van der Waals surface area contributed by atoms with Gasteiger partial charge < -0.3 is 4.90 Å². The number of hydrogen-bond donors (Lipinski definition) is 0. The molecule has 6 aromatic carbocycles. The number of allylic oxidation sites excluding steroid dienone is 11. The fourth-order valence-electron chi connectivity index (χ4n) is 7.85. The molecule has 1 aliphatic carbocycles. The van der Waals surface area contributed by atoms with Gasteiger partial charge >= 0.3 is 0 Å². The maximum atomic E-state index is 2.36. The molecule has 0 heterocycles. The lowest BCUT2D eigenvalue weighted by Crippen LogP contribution is -2.10. The summed E-state index contributed by atoms with van der Waals surface area (Å²) in [7, 11) is 0. The molecular weight excluding hydrogens is 699 g/mol. The zero-order valence-corrected chi connectivity index (χ0v) is 34.3. The Hall–Kier alpha value is -6.70. The van der Waals surface area contributed by atoms with Crippen molar-refractivity contribution in [3.63, 3.8) is 0 Å². The Morgan fingerprint density at radius 3 is 1.90 bits per heavy atom. The highest BCUT2D eigenvalue weighted by Gasteiger charge is 2.21. The van der Waals surface area contributed by atoms with E-state index in [2.05, 4.69) is 232 Å². The van der Waals surface area contributed by atoms with Crippen molar-refractivity contribution in [2.24, 2.45) is 0 Å². The van der Waals surface area contributed by atoms with Gasteiger partial charge in [0.15, 0.2) is 0 Å². The van der Waals surface area contributed by atoms with Gasteiger partial charge in [0.25, 0.3) is 0 Å². The average Bonchev–Trinajstić information content (AvgIpc) is 3.65. The molecule has 0 atom stereocenters. The second-order valence-electron chi connectivity index (χ2n) is 14.6.